The SMILES string of the molecule is CC(=NN=C1CC=CC=N1)c1ccnc2c([O-])cccc12.CC(=NNc1ccccn1)c1ccnc2c([O-])cccc12.[Cu+2]. The predicted octanol–water partition coefficient (Wildman–Crippen LogP) is 5.00. The van der Waals surface area contributed by atoms with Gasteiger partial charge in [-0.2, -0.15) is 10.2 Å². The van der Waals surface area contributed by atoms with Crippen molar-refractivity contribution in [2.45, 2.75) is 20.3 Å². The largest absolute Gasteiger partial charge is 2.00 e. The van der Waals surface area contributed by atoms with Crippen LogP contribution < -0.4 is 15.6 Å². The number of rotatable bonds is 5. The number of dihydropyridines is 1. The van der Waals surface area contributed by atoms with Crippen molar-refractivity contribution < 1.29 is 27.3 Å². The minimum atomic E-state index is -0.0875. The molecule has 0 bridgehead atoms. The van der Waals surface area contributed by atoms with Gasteiger partial charge in [-0.15, -0.1) is 5.10 Å². The zero-order valence-electron chi connectivity index (χ0n) is 23.3. The van der Waals surface area contributed by atoms with E-state index >= 15 is 0 Å². The van der Waals surface area contributed by atoms with Crippen LogP contribution >= 0.6 is 0 Å². The van der Waals surface area contributed by atoms with Gasteiger partial charge in [0.2, 0.25) is 0 Å². The Kier molecular flexibility index (Phi) is 10.4. The number of hydrogen-bond acceptors (Lipinski definition) is 9. The minimum Gasteiger partial charge on any atom is -0.871 e. The molecule has 0 spiro atoms. The predicted molar refractivity (Wildman–Crippen MR) is 164 cm³/mol. The molecule has 1 aliphatic heterocycles. The van der Waals surface area contributed by atoms with Crippen LogP contribution in [0.25, 0.3) is 21.8 Å². The molecule has 10 nitrogen and oxygen atoms in total. The molecule has 3 aromatic heterocycles. The molecule has 0 aliphatic carbocycles. The fraction of sp³-hybridized carbons (Fsp3) is 0.0938. The molecule has 43 heavy (non-hydrogen) atoms. The Morgan fingerprint density at radius 2 is 1.40 bits per heavy atom. The Hall–Kier alpha value is -5.25. The molecule has 0 saturated carbocycles. The maximum absolute atomic E-state index is 11.8. The van der Waals surface area contributed by atoms with Gasteiger partial charge >= 0.3 is 17.1 Å². The number of fused-ring (bicyclic) bond motifs is 2. The van der Waals surface area contributed by atoms with Crippen LogP contribution in [0.4, 0.5) is 5.82 Å². The van der Waals surface area contributed by atoms with Crippen LogP contribution in [0.2, 0.25) is 0 Å². The Morgan fingerprint density at radius 1 is 0.744 bits per heavy atom. The molecule has 11 heteroatoms. The molecule has 1 aliphatic rings. The van der Waals surface area contributed by atoms with E-state index in [1.54, 1.807) is 36.9 Å². The number of hydrazone groups is 1. The van der Waals surface area contributed by atoms with E-state index in [1.165, 1.54) is 12.1 Å². The molecule has 0 atom stereocenters. The average Bonchev–Trinajstić information content (AvgIpc) is 3.04. The van der Waals surface area contributed by atoms with Crippen LogP contribution in [0, 0.1) is 0 Å². The van der Waals surface area contributed by atoms with Gasteiger partial charge in [0.15, 0.2) is 5.84 Å². The van der Waals surface area contributed by atoms with Crippen molar-refractivity contribution in [2.75, 3.05) is 5.43 Å². The summed E-state index contributed by atoms with van der Waals surface area (Å²) in [6, 6.07) is 19.5. The Labute approximate surface area is 258 Å². The van der Waals surface area contributed by atoms with Gasteiger partial charge in [-0.25, -0.2) is 9.98 Å². The number of nitrogens with zero attached hydrogens (tertiary/aromatic N) is 7. The minimum absolute atomic E-state index is 0. The number of pyridine rings is 3. The van der Waals surface area contributed by atoms with E-state index in [2.05, 4.69) is 40.7 Å². The van der Waals surface area contributed by atoms with Crippen LogP contribution in [-0.2, 0) is 17.1 Å². The van der Waals surface area contributed by atoms with Gasteiger partial charge in [-0.3, -0.25) is 15.4 Å². The number of hydrogen-bond donors (Lipinski definition) is 1. The maximum atomic E-state index is 11.8. The molecule has 5 aromatic rings. The first kappa shape index (κ1) is 30.7. The third-order valence-electron chi connectivity index (χ3n) is 6.31. The average molecular weight is 618 g/mol. The summed E-state index contributed by atoms with van der Waals surface area (Å²) < 4.78 is 0. The first-order valence-electron chi connectivity index (χ1n) is 13.1. The summed E-state index contributed by atoms with van der Waals surface area (Å²) >= 11 is 0. The summed E-state index contributed by atoms with van der Waals surface area (Å²) in [4.78, 5) is 16.6. The summed E-state index contributed by atoms with van der Waals surface area (Å²) in [7, 11) is 0. The van der Waals surface area contributed by atoms with Crippen LogP contribution in [-0.4, -0.2) is 38.4 Å². The van der Waals surface area contributed by atoms with Gasteiger partial charge in [-0.1, -0.05) is 60.0 Å². The second-order valence-electron chi connectivity index (χ2n) is 9.16. The molecular weight excluding hydrogens is 592 g/mol. The van der Waals surface area contributed by atoms with Crippen LogP contribution in [0.15, 0.2) is 118 Å². The monoisotopic (exact) mass is 617 g/mol. The first-order valence-corrected chi connectivity index (χ1v) is 13.1. The van der Waals surface area contributed by atoms with E-state index < -0.39 is 0 Å². The van der Waals surface area contributed by atoms with Gasteiger partial charge < -0.3 is 10.2 Å². The molecule has 0 saturated heterocycles. The van der Waals surface area contributed by atoms with Crippen molar-refractivity contribution in [3.8, 4) is 11.5 Å². The molecule has 1 N–H and O–H groups in total. The summed E-state index contributed by atoms with van der Waals surface area (Å²) in [5, 5.41) is 37.9. The summed E-state index contributed by atoms with van der Waals surface area (Å²) in [5.41, 5.74) is 7.04. The zero-order chi connectivity index (χ0) is 29.3. The van der Waals surface area contributed by atoms with Crippen molar-refractivity contribution >= 4 is 51.1 Å². The second kappa shape index (κ2) is 14.6. The number of allylic oxidation sites excluding steroid dienone is 1. The van der Waals surface area contributed by atoms with Crippen molar-refractivity contribution in [3.63, 3.8) is 0 Å². The number of aliphatic imine (C=N–C) groups is 1. The van der Waals surface area contributed by atoms with Crippen LogP contribution in [0.3, 0.4) is 0 Å². The number of para-hydroxylation sites is 2. The summed E-state index contributed by atoms with van der Waals surface area (Å²) in [6.45, 7) is 3.74. The first-order chi connectivity index (χ1) is 20.5. The number of aromatic nitrogens is 3. The standard InChI is InChI=1S/2C16H14N4O.Cu/c2*1-11(19-20-15-7-2-3-9-17-15)12-8-10-18-16-13(12)5-4-6-14(16)21;/h2-6,8-10,21H,7H2,1H3;2-10,21H,1H3,(H,17,20);/q;;+2/p-2. The van der Waals surface area contributed by atoms with Crippen LogP contribution in [0.1, 0.15) is 31.4 Å². The van der Waals surface area contributed by atoms with Crippen molar-refractivity contribution in [1.82, 2.24) is 15.0 Å². The van der Waals surface area contributed by atoms with E-state index in [0.29, 0.717) is 29.1 Å². The molecule has 6 rings (SSSR count). The second-order valence-corrected chi connectivity index (χ2v) is 9.16. The molecule has 0 unspecified atom stereocenters. The molecule has 0 amide bonds. The quantitative estimate of drug-likeness (QED) is 0.167. The molecular formula is C32H26CuN8O2. The summed E-state index contributed by atoms with van der Waals surface area (Å²) in [5.74, 6) is 1.16. The molecule has 0 fully saturated rings. The summed E-state index contributed by atoms with van der Waals surface area (Å²) in [6.07, 6.45) is 11.2. The van der Waals surface area contributed by atoms with Gasteiger partial charge in [-0.05, 0) is 44.2 Å². The van der Waals surface area contributed by atoms with Crippen molar-refractivity contribution in [3.05, 3.63) is 109 Å². The van der Waals surface area contributed by atoms with Gasteiger partial charge in [0.05, 0.1) is 22.5 Å². The zero-order valence-corrected chi connectivity index (χ0v) is 24.2. The number of amidine groups is 1. The number of anilines is 1. The molecule has 1 radical (unpaired) electrons. The fourth-order valence-corrected chi connectivity index (χ4v) is 4.23. The molecule has 4 heterocycles. The van der Waals surface area contributed by atoms with Crippen molar-refractivity contribution in [2.24, 2.45) is 20.3 Å². The third-order valence-corrected chi connectivity index (χ3v) is 6.31. The molecule has 217 valence electrons. The Balaban J connectivity index is 0.000000192. The van der Waals surface area contributed by atoms with E-state index in [-0.39, 0.29) is 28.6 Å². The number of benzene rings is 2. The van der Waals surface area contributed by atoms with E-state index in [9.17, 15) is 10.2 Å². The Bertz CT molecular complexity index is 1890. The smallest absolute Gasteiger partial charge is 0.871 e. The van der Waals surface area contributed by atoms with Crippen molar-refractivity contribution in [1.29, 1.82) is 0 Å². The normalized spacial score (nSPS) is 13.9. The topological polar surface area (TPSA) is 146 Å². The Morgan fingerprint density at radius 3 is 1.98 bits per heavy atom. The van der Waals surface area contributed by atoms with Gasteiger partial charge in [0.1, 0.15) is 5.82 Å². The van der Waals surface area contributed by atoms with E-state index in [1.807, 2.05) is 68.5 Å². The third kappa shape index (κ3) is 7.53. The van der Waals surface area contributed by atoms with Gasteiger partial charge in [0.25, 0.3) is 0 Å². The maximum Gasteiger partial charge on any atom is 2.00 e. The van der Waals surface area contributed by atoms with Crippen LogP contribution in [0.5, 0.6) is 11.5 Å². The molecule has 2 aromatic carbocycles. The van der Waals surface area contributed by atoms with E-state index in [4.69, 9.17) is 0 Å². The van der Waals surface area contributed by atoms with Gasteiger partial charge in [0, 0.05) is 53.1 Å². The van der Waals surface area contributed by atoms with E-state index in [0.717, 1.165) is 33.3 Å². The number of nitrogens with one attached hydrogen (secondary N) is 1. The fourth-order valence-electron chi connectivity index (χ4n) is 4.23.